The summed E-state index contributed by atoms with van der Waals surface area (Å²) in [5, 5.41) is 10.6. The molecule has 1 aliphatic heterocycles. The summed E-state index contributed by atoms with van der Waals surface area (Å²) in [6, 6.07) is 8.09. The molecule has 7 heteroatoms. The maximum absolute atomic E-state index is 14.5. The van der Waals surface area contributed by atoms with Gasteiger partial charge in [-0.25, -0.2) is 14.4 Å². The first-order valence-electron chi connectivity index (χ1n) is 8.47. The van der Waals surface area contributed by atoms with Crippen LogP contribution in [0.5, 0.6) is 0 Å². The van der Waals surface area contributed by atoms with E-state index in [1.165, 1.54) is 6.33 Å². The van der Waals surface area contributed by atoms with Gasteiger partial charge in [-0.15, -0.1) is 5.10 Å². The third-order valence-corrected chi connectivity index (χ3v) is 4.61. The van der Waals surface area contributed by atoms with Gasteiger partial charge >= 0.3 is 0 Å². The van der Waals surface area contributed by atoms with Crippen molar-refractivity contribution in [3.63, 3.8) is 0 Å². The molecule has 0 unspecified atom stereocenters. The Kier molecular flexibility index (Phi) is 4.13. The van der Waals surface area contributed by atoms with Crippen LogP contribution in [0.15, 0.2) is 36.8 Å². The van der Waals surface area contributed by atoms with Gasteiger partial charge in [0.25, 0.3) is 0 Å². The van der Waals surface area contributed by atoms with Crippen LogP contribution < -0.4 is 9.80 Å². The lowest BCUT2D eigenvalue weighted by Gasteiger charge is -2.36. The Labute approximate surface area is 145 Å². The molecule has 0 atom stereocenters. The van der Waals surface area contributed by atoms with Crippen LogP contribution in [-0.2, 0) is 6.42 Å². The van der Waals surface area contributed by atoms with Crippen molar-refractivity contribution in [1.29, 1.82) is 0 Å². The summed E-state index contributed by atoms with van der Waals surface area (Å²) < 4.78 is 14.5. The molecule has 0 bridgehead atoms. The number of hydrogen-bond acceptors (Lipinski definition) is 6. The van der Waals surface area contributed by atoms with Gasteiger partial charge in [0.2, 0.25) is 0 Å². The predicted octanol–water partition coefficient (Wildman–Crippen LogP) is 2.45. The Hall–Kier alpha value is -2.83. The quantitative estimate of drug-likeness (QED) is 0.731. The van der Waals surface area contributed by atoms with E-state index in [4.69, 9.17) is 0 Å². The molecule has 0 radical (unpaired) electrons. The molecular weight excluding hydrogens is 319 g/mol. The number of benzene rings is 1. The zero-order valence-electron chi connectivity index (χ0n) is 14.1. The molecule has 1 saturated heterocycles. The van der Waals surface area contributed by atoms with Crippen LogP contribution in [0.3, 0.4) is 0 Å². The minimum absolute atomic E-state index is 0.302. The zero-order valence-corrected chi connectivity index (χ0v) is 14.1. The molecule has 2 aromatic heterocycles. The maximum atomic E-state index is 14.5. The monoisotopic (exact) mass is 338 g/mol. The standard InChI is InChI=1S/C18H19FN6/c1-2-15-16(19)18(21-12-20-15)25-9-7-24(8-10-25)17-14-6-4-3-5-13(14)11-22-23-17/h3-6,11-12H,2,7-10H2,1H3. The molecule has 0 aliphatic carbocycles. The van der Waals surface area contributed by atoms with E-state index < -0.39 is 0 Å². The molecule has 6 nitrogen and oxygen atoms in total. The minimum Gasteiger partial charge on any atom is -0.351 e. The van der Waals surface area contributed by atoms with Crippen LogP contribution in [0.25, 0.3) is 10.8 Å². The highest BCUT2D eigenvalue weighted by Gasteiger charge is 2.23. The van der Waals surface area contributed by atoms with E-state index in [-0.39, 0.29) is 5.82 Å². The van der Waals surface area contributed by atoms with E-state index in [0.29, 0.717) is 31.0 Å². The van der Waals surface area contributed by atoms with Gasteiger partial charge in [0.05, 0.1) is 11.9 Å². The SMILES string of the molecule is CCc1ncnc(N2CCN(c3nncc4ccccc34)CC2)c1F. The molecule has 1 fully saturated rings. The first kappa shape index (κ1) is 15.7. The van der Waals surface area contributed by atoms with E-state index in [1.807, 2.05) is 30.0 Å². The third kappa shape index (κ3) is 2.86. The van der Waals surface area contributed by atoms with E-state index in [9.17, 15) is 4.39 Å². The molecular formula is C18H19FN6. The average molecular weight is 338 g/mol. The normalized spacial score (nSPS) is 15.0. The molecule has 3 aromatic rings. The lowest BCUT2D eigenvalue weighted by atomic mass is 10.1. The number of rotatable bonds is 3. The highest BCUT2D eigenvalue weighted by molar-refractivity contribution is 5.91. The summed E-state index contributed by atoms with van der Waals surface area (Å²) in [4.78, 5) is 12.3. The molecule has 4 rings (SSSR count). The zero-order chi connectivity index (χ0) is 17.2. The second-order valence-electron chi connectivity index (χ2n) is 6.04. The van der Waals surface area contributed by atoms with Gasteiger partial charge in [-0.2, -0.15) is 5.10 Å². The summed E-state index contributed by atoms with van der Waals surface area (Å²) in [7, 11) is 0. The summed E-state index contributed by atoms with van der Waals surface area (Å²) in [5.74, 6) is 0.981. The molecule has 0 N–H and O–H groups in total. The van der Waals surface area contributed by atoms with Gasteiger partial charge in [-0.3, -0.25) is 0 Å². The topological polar surface area (TPSA) is 58.0 Å². The molecule has 128 valence electrons. The van der Waals surface area contributed by atoms with Crippen molar-refractivity contribution < 1.29 is 4.39 Å². The first-order chi connectivity index (χ1) is 12.3. The number of fused-ring (bicyclic) bond motifs is 1. The van der Waals surface area contributed by atoms with Crippen LogP contribution in [0.2, 0.25) is 0 Å². The van der Waals surface area contributed by atoms with Crippen LogP contribution in [-0.4, -0.2) is 46.3 Å². The average Bonchev–Trinajstić information content (AvgIpc) is 2.68. The Morgan fingerprint density at radius 2 is 1.72 bits per heavy atom. The van der Waals surface area contributed by atoms with Crippen molar-refractivity contribution in [2.24, 2.45) is 0 Å². The number of aryl methyl sites for hydroxylation is 1. The van der Waals surface area contributed by atoms with Crippen LogP contribution in [0.4, 0.5) is 16.0 Å². The molecule has 0 spiro atoms. The molecule has 3 heterocycles. The number of halogens is 1. The Morgan fingerprint density at radius 3 is 2.48 bits per heavy atom. The Balaban J connectivity index is 1.56. The first-order valence-corrected chi connectivity index (χ1v) is 8.47. The number of nitrogens with zero attached hydrogens (tertiary/aromatic N) is 6. The maximum Gasteiger partial charge on any atom is 0.187 e. The van der Waals surface area contributed by atoms with Crippen molar-refractivity contribution in [1.82, 2.24) is 20.2 Å². The van der Waals surface area contributed by atoms with E-state index >= 15 is 0 Å². The smallest absolute Gasteiger partial charge is 0.187 e. The predicted molar refractivity (Wildman–Crippen MR) is 95.3 cm³/mol. The van der Waals surface area contributed by atoms with E-state index in [1.54, 1.807) is 6.20 Å². The van der Waals surface area contributed by atoms with Gasteiger partial charge in [-0.1, -0.05) is 31.2 Å². The van der Waals surface area contributed by atoms with Gasteiger partial charge in [-0.05, 0) is 6.42 Å². The summed E-state index contributed by atoms with van der Waals surface area (Å²) in [6.45, 7) is 4.75. The van der Waals surface area contributed by atoms with Crippen molar-refractivity contribution in [2.75, 3.05) is 36.0 Å². The van der Waals surface area contributed by atoms with Gasteiger partial charge in [0.1, 0.15) is 6.33 Å². The fourth-order valence-electron chi connectivity index (χ4n) is 3.24. The molecule has 0 amide bonds. The second-order valence-corrected chi connectivity index (χ2v) is 6.04. The molecule has 0 saturated carbocycles. The fourth-order valence-corrected chi connectivity index (χ4v) is 3.24. The lowest BCUT2D eigenvalue weighted by Crippen LogP contribution is -2.47. The van der Waals surface area contributed by atoms with E-state index in [0.717, 1.165) is 29.7 Å². The van der Waals surface area contributed by atoms with Crippen molar-refractivity contribution >= 4 is 22.4 Å². The van der Waals surface area contributed by atoms with Crippen LogP contribution in [0, 0.1) is 5.82 Å². The highest BCUT2D eigenvalue weighted by atomic mass is 19.1. The third-order valence-electron chi connectivity index (χ3n) is 4.61. The minimum atomic E-state index is -0.302. The van der Waals surface area contributed by atoms with Gasteiger partial charge in [0, 0.05) is 37.0 Å². The Morgan fingerprint density at radius 1 is 1.00 bits per heavy atom. The van der Waals surface area contributed by atoms with Crippen LogP contribution >= 0.6 is 0 Å². The molecule has 25 heavy (non-hydrogen) atoms. The number of piperazine rings is 1. The number of aromatic nitrogens is 4. The fraction of sp³-hybridized carbons (Fsp3) is 0.333. The number of hydrogen-bond donors (Lipinski definition) is 0. The Bertz CT molecular complexity index is 886. The van der Waals surface area contributed by atoms with Gasteiger partial charge < -0.3 is 9.80 Å². The van der Waals surface area contributed by atoms with Crippen LogP contribution in [0.1, 0.15) is 12.6 Å². The molecule has 1 aliphatic rings. The van der Waals surface area contributed by atoms with E-state index in [2.05, 4.69) is 31.1 Å². The van der Waals surface area contributed by atoms with Crippen molar-refractivity contribution in [3.8, 4) is 0 Å². The number of anilines is 2. The summed E-state index contributed by atoms with van der Waals surface area (Å²) in [5.41, 5.74) is 0.465. The largest absolute Gasteiger partial charge is 0.351 e. The summed E-state index contributed by atoms with van der Waals surface area (Å²) in [6.07, 6.45) is 3.78. The molecule has 1 aromatic carbocycles. The second kappa shape index (κ2) is 6.58. The highest BCUT2D eigenvalue weighted by Crippen LogP contribution is 2.26. The van der Waals surface area contributed by atoms with Crippen molar-refractivity contribution in [3.05, 3.63) is 48.3 Å². The lowest BCUT2D eigenvalue weighted by molar-refractivity contribution is 0.567. The van der Waals surface area contributed by atoms with Gasteiger partial charge in [0.15, 0.2) is 17.5 Å². The van der Waals surface area contributed by atoms with Crippen molar-refractivity contribution in [2.45, 2.75) is 13.3 Å². The summed E-state index contributed by atoms with van der Waals surface area (Å²) >= 11 is 0.